The van der Waals surface area contributed by atoms with E-state index in [4.69, 9.17) is 0 Å². The highest BCUT2D eigenvalue weighted by molar-refractivity contribution is 7.13. The van der Waals surface area contributed by atoms with E-state index < -0.39 is 6.10 Å². The summed E-state index contributed by atoms with van der Waals surface area (Å²) >= 11 is 1.57. The van der Waals surface area contributed by atoms with Gasteiger partial charge in [-0.3, -0.25) is 4.90 Å². The van der Waals surface area contributed by atoms with Crippen molar-refractivity contribution in [3.63, 3.8) is 0 Å². The number of benzene rings is 1. The molecule has 2 fully saturated rings. The van der Waals surface area contributed by atoms with Crippen molar-refractivity contribution in [2.24, 2.45) is 0 Å². The molecule has 0 bridgehead atoms. The van der Waals surface area contributed by atoms with Gasteiger partial charge in [0.05, 0.1) is 18.7 Å². The lowest BCUT2D eigenvalue weighted by Gasteiger charge is -2.25. The summed E-state index contributed by atoms with van der Waals surface area (Å²) < 4.78 is 0. The first kappa shape index (κ1) is 16.5. The zero-order chi connectivity index (χ0) is 17.2. The van der Waals surface area contributed by atoms with Crippen molar-refractivity contribution in [1.82, 2.24) is 14.8 Å². The third-order valence-corrected chi connectivity index (χ3v) is 5.77. The molecule has 0 aliphatic carbocycles. The zero-order valence-corrected chi connectivity index (χ0v) is 14.8. The second kappa shape index (κ2) is 7.11. The van der Waals surface area contributed by atoms with E-state index >= 15 is 0 Å². The maximum atomic E-state index is 12.6. The number of urea groups is 1. The quantitative estimate of drug-likeness (QED) is 0.884. The van der Waals surface area contributed by atoms with E-state index in [-0.39, 0.29) is 12.1 Å². The summed E-state index contributed by atoms with van der Waals surface area (Å²) in [5.74, 6) is 0. The number of hydrogen-bond acceptors (Lipinski definition) is 5. The van der Waals surface area contributed by atoms with Crippen LogP contribution in [0.25, 0.3) is 10.6 Å². The van der Waals surface area contributed by atoms with E-state index in [0.717, 1.165) is 29.3 Å². The normalized spacial score (nSPS) is 24.0. The molecule has 2 atom stereocenters. The van der Waals surface area contributed by atoms with Crippen molar-refractivity contribution in [1.29, 1.82) is 0 Å². The number of aliphatic hydroxyl groups excluding tert-OH is 1. The third-order valence-electron chi connectivity index (χ3n) is 4.95. The molecule has 7 heteroatoms. The molecule has 25 heavy (non-hydrogen) atoms. The van der Waals surface area contributed by atoms with Gasteiger partial charge >= 0.3 is 6.03 Å². The Bertz CT molecular complexity index is 730. The molecule has 1 aromatic heterocycles. The number of hydrogen-bond donors (Lipinski definition) is 2. The van der Waals surface area contributed by atoms with Gasteiger partial charge in [-0.2, -0.15) is 0 Å². The van der Waals surface area contributed by atoms with Gasteiger partial charge in [-0.05, 0) is 38.1 Å². The summed E-state index contributed by atoms with van der Waals surface area (Å²) in [6.07, 6.45) is 3.67. The topological polar surface area (TPSA) is 68.7 Å². The van der Waals surface area contributed by atoms with Crippen LogP contribution < -0.4 is 5.32 Å². The number of likely N-dealkylation sites (tertiary alicyclic amines) is 2. The van der Waals surface area contributed by atoms with Crippen LogP contribution >= 0.6 is 11.3 Å². The molecule has 2 aliphatic rings. The Labute approximate surface area is 151 Å². The Morgan fingerprint density at radius 3 is 2.88 bits per heavy atom. The van der Waals surface area contributed by atoms with Crippen LogP contribution in [0.2, 0.25) is 0 Å². The van der Waals surface area contributed by atoms with Crippen molar-refractivity contribution in [3.05, 3.63) is 35.8 Å². The largest absolute Gasteiger partial charge is 0.390 e. The van der Waals surface area contributed by atoms with Crippen molar-refractivity contribution >= 4 is 23.1 Å². The fourth-order valence-corrected chi connectivity index (χ4v) is 4.30. The monoisotopic (exact) mass is 358 g/mol. The molecular formula is C18H22N4O2S. The molecule has 0 spiro atoms. The molecule has 2 aliphatic heterocycles. The minimum atomic E-state index is -0.467. The Kier molecular flexibility index (Phi) is 4.70. The van der Waals surface area contributed by atoms with Crippen molar-refractivity contribution in [3.8, 4) is 10.6 Å². The SMILES string of the molecule is O=C(Nc1cccc(-c2nccs2)c1)N1C[C@@H](O)[C@H](N2CCCC2)C1. The average molecular weight is 358 g/mol. The van der Waals surface area contributed by atoms with E-state index in [1.807, 2.05) is 29.6 Å². The molecule has 1 aromatic carbocycles. The minimum absolute atomic E-state index is 0.0647. The number of aromatic nitrogens is 1. The van der Waals surface area contributed by atoms with E-state index in [9.17, 15) is 9.90 Å². The van der Waals surface area contributed by atoms with E-state index in [1.54, 1.807) is 22.4 Å². The molecule has 132 valence electrons. The molecular weight excluding hydrogens is 336 g/mol. The number of β-amino-alcohol motifs (C(OH)–C–C–N with tert-alkyl or cyclic N) is 1. The van der Waals surface area contributed by atoms with Crippen LogP contribution in [-0.2, 0) is 0 Å². The van der Waals surface area contributed by atoms with Crippen molar-refractivity contribution in [2.75, 3.05) is 31.5 Å². The standard InChI is InChI=1S/C18H22N4O2S/c23-16-12-22(11-15(16)21-7-1-2-8-21)18(24)20-14-5-3-4-13(10-14)17-19-6-9-25-17/h3-6,9-10,15-16,23H,1-2,7-8,11-12H2,(H,20,24)/t15-,16-/m1/s1. The Hall–Kier alpha value is -1.96. The lowest BCUT2D eigenvalue weighted by molar-refractivity contribution is 0.0980. The lowest BCUT2D eigenvalue weighted by atomic mass is 10.2. The molecule has 0 radical (unpaired) electrons. The second-order valence-corrected chi connectivity index (χ2v) is 7.53. The predicted molar refractivity (Wildman–Crippen MR) is 98.7 cm³/mol. The van der Waals surface area contributed by atoms with E-state index in [0.29, 0.717) is 13.1 Å². The molecule has 4 rings (SSSR count). The first-order valence-corrected chi connectivity index (χ1v) is 9.56. The van der Waals surface area contributed by atoms with Gasteiger partial charge in [0.1, 0.15) is 5.01 Å². The molecule has 2 aromatic rings. The van der Waals surface area contributed by atoms with Crippen LogP contribution in [0.5, 0.6) is 0 Å². The third kappa shape index (κ3) is 3.53. The van der Waals surface area contributed by atoms with Crippen LogP contribution in [-0.4, -0.2) is 64.2 Å². The number of anilines is 1. The van der Waals surface area contributed by atoms with Crippen LogP contribution in [0.15, 0.2) is 35.8 Å². The summed E-state index contributed by atoms with van der Waals surface area (Å²) in [7, 11) is 0. The average Bonchev–Trinajstić information content (AvgIpc) is 3.36. The van der Waals surface area contributed by atoms with Gasteiger partial charge in [-0.15, -0.1) is 11.3 Å². The Morgan fingerprint density at radius 1 is 1.28 bits per heavy atom. The number of aliphatic hydroxyl groups is 1. The molecule has 0 unspecified atom stereocenters. The fourth-order valence-electron chi connectivity index (χ4n) is 3.67. The fraction of sp³-hybridized carbons (Fsp3) is 0.444. The van der Waals surface area contributed by atoms with Gasteiger partial charge in [-0.25, -0.2) is 9.78 Å². The summed E-state index contributed by atoms with van der Waals surface area (Å²) in [5.41, 5.74) is 1.74. The first-order valence-electron chi connectivity index (χ1n) is 8.69. The number of amides is 2. The Morgan fingerprint density at radius 2 is 2.12 bits per heavy atom. The maximum Gasteiger partial charge on any atom is 0.321 e. The Balaban J connectivity index is 1.41. The van der Waals surface area contributed by atoms with E-state index in [2.05, 4.69) is 15.2 Å². The molecule has 6 nitrogen and oxygen atoms in total. The lowest BCUT2D eigenvalue weighted by Crippen LogP contribution is -2.41. The number of rotatable bonds is 3. The van der Waals surface area contributed by atoms with Crippen LogP contribution in [0.1, 0.15) is 12.8 Å². The first-order chi connectivity index (χ1) is 12.2. The molecule has 2 amide bonds. The molecule has 3 heterocycles. The minimum Gasteiger partial charge on any atom is -0.390 e. The van der Waals surface area contributed by atoms with Gasteiger partial charge in [-0.1, -0.05) is 12.1 Å². The van der Waals surface area contributed by atoms with Crippen LogP contribution in [0, 0.1) is 0 Å². The van der Waals surface area contributed by atoms with Gasteiger partial charge in [0.15, 0.2) is 0 Å². The number of nitrogens with one attached hydrogen (secondary N) is 1. The predicted octanol–water partition coefficient (Wildman–Crippen LogP) is 2.48. The van der Waals surface area contributed by atoms with Crippen LogP contribution in [0.4, 0.5) is 10.5 Å². The smallest absolute Gasteiger partial charge is 0.321 e. The van der Waals surface area contributed by atoms with Crippen LogP contribution in [0.3, 0.4) is 0 Å². The summed E-state index contributed by atoms with van der Waals surface area (Å²) in [4.78, 5) is 20.9. The van der Waals surface area contributed by atoms with Gasteiger partial charge in [0.2, 0.25) is 0 Å². The molecule has 2 N–H and O–H groups in total. The summed E-state index contributed by atoms with van der Waals surface area (Å²) in [6, 6.07) is 7.61. The number of thiazole rings is 1. The number of nitrogens with zero attached hydrogens (tertiary/aromatic N) is 3. The second-order valence-electron chi connectivity index (χ2n) is 6.63. The van der Waals surface area contributed by atoms with Crippen molar-refractivity contribution < 1.29 is 9.90 Å². The highest BCUT2D eigenvalue weighted by Gasteiger charge is 2.38. The van der Waals surface area contributed by atoms with Gasteiger partial charge in [0.25, 0.3) is 0 Å². The highest BCUT2D eigenvalue weighted by atomic mass is 32.1. The van der Waals surface area contributed by atoms with Crippen molar-refractivity contribution in [2.45, 2.75) is 25.0 Å². The summed E-state index contributed by atoms with van der Waals surface area (Å²) in [5, 5.41) is 16.2. The molecule has 2 saturated heterocycles. The maximum absolute atomic E-state index is 12.6. The van der Waals surface area contributed by atoms with Gasteiger partial charge in [0, 0.05) is 29.4 Å². The molecule has 0 saturated carbocycles. The highest BCUT2D eigenvalue weighted by Crippen LogP contribution is 2.25. The summed E-state index contributed by atoms with van der Waals surface area (Å²) in [6.45, 7) is 3.01. The van der Waals surface area contributed by atoms with Gasteiger partial charge < -0.3 is 15.3 Å². The zero-order valence-electron chi connectivity index (χ0n) is 14.0. The number of carbonyl (C=O) groups is 1. The van der Waals surface area contributed by atoms with E-state index in [1.165, 1.54) is 12.8 Å². The number of carbonyl (C=O) groups excluding carboxylic acids is 1.